The molecule has 0 fully saturated rings. The average Bonchev–Trinajstić information content (AvgIpc) is 2.77. The molecule has 0 aliphatic rings. The molecule has 0 aliphatic heterocycles. The zero-order valence-electron chi connectivity index (χ0n) is 9.52. The third kappa shape index (κ3) is 2.35. The van der Waals surface area contributed by atoms with Crippen LogP contribution in [0.4, 0.5) is 13.2 Å². The first-order valence-corrected chi connectivity index (χ1v) is 5.23. The lowest BCUT2D eigenvalue weighted by Crippen LogP contribution is -2.13. The quantitative estimate of drug-likeness (QED) is 0.897. The van der Waals surface area contributed by atoms with E-state index in [0.29, 0.717) is 11.4 Å². The Hall–Kier alpha value is -1.89. The number of alkyl halides is 3. The van der Waals surface area contributed by atoms with Crippen LogP contribution >= 0.6 is 0 Å². The van der Waals surface area contributed by atoms with Crippen LogP contribution < -0.4 is 5.73 Å². The molecule has 0 bridgehead atoms. The molecular formula is C11H11F3N4. The number of rotatable bonds is 2. The van der Waals surface area contributed by atoms with Gasteiger partial charge in [0.25, 0.3) is 0 Å². The summed E-state index contributed by atoms with van der Waals surface area (Å²) in [6.45, 7) is 1.73. The topological polar surface area (TPSA) is 56.7 Å². The fraction of sp³-hybridized carbons (Fsp3) is 0.273. The van der Waals surface area contributed by atoms with Crippen molar-refractivity contribution in [1.82, 2.24) is 14.8 Å². The SMILES string of the molecule is C[C@@H](N)c1cccnc1-n1ccc(C(F)(F)F)n1. The lowest BCUT2D eigenvalue weighted by atomic mass is 10.1. The van der Waals surface area contributed by atoms with E-state index in [1.807, 2.05) is 0 Å². The highest BCUT2D eigenvalue weighted by Crippen LogP contribution is 2.28. The minimum Gasteiger partial charge on any atom is -0.324 e. The maximum absolute atomic E-state index is 12.5. The molecule has 2 N–H and O–H groups in total. The first-order chi connectivity index (χ1) is 8.39. The zero-order valence-corrected chi connectivity index (χ0v) is 9.52. The maximum atomic E-state index is 12.5. The Bertz CT molecular complexity index is 545. The van der Waals surface area contributed by atoms with Gasteiger partial charge >= 0.3 is 6.18 Å². The van der Waals surface area contributed by atoms with E-state index in [1.165, 1.54) is 12.4 Å². The standard InChI is InChI=1S/C11H11F3N4/c1-7(15)8-3-2-5-16-10(8)18-6-4-9(17-18)11(12,13)14/h2-7H,15H2,1H3/t7-/m1/s1. The Morgan fingerprint density at radius 1 is 1.33 bits per heavy atom. The monoisotopic (exact) mass is 256 g/mol. The third-order valence-electron chi connectivity index (χ3n) is 2.40. The predicted molar refractivity (Wildman–Crippen MR) is 59.0 cm³/mol. The van der Waals surface area contributed by atoms with Gasteiger partial charge in [0.05, 0.1) is 0 Å². The van der Waals surface area contributed by atoms with Crippen LogP contribution in [0.3, 0.4) is 0 Å². The summed E-state index contributed by atoms with van der Waals surface area (Å²) in [4.78, 5) is 4.02. The molecule has 4 nitrogen and oxygen atoms in total. The molecule has 0 spiro atoms. The molecule has 0 aliphatic carbocycles. The molecule has 0 radical (unpaired) electrons. The number of hydrogen-bond acceptors (Lipinski definition) is 3. The van der Waals surface area contributed by atoms with Crippen molar-refractivity contribution in [2.24, 2.45) is 5.73 Å². The Labute approximate surface area is 101 Å². The summed E-state index contributed by atoms with van der Waals surface area (Å²) in [5.41, 5.74) is 5.42. The first-order valence-electron chi connectivity index (χ1n) is 5.23. The summed E-state index contributed by atoms with van der Waals surface area (Å²) in [7, 11) is 0. The third-order valence-corrected chi connectivity index (χ3v) is 2.40. The Kier molecular flexibility index (Phi) is 3.08. The van der Waals surface area contributed by atoms with Gasteiger partial charge in [0, 0.05) is 24.0 Å². The van der Waals surface area contributed by atoms with Crippen molar-refractivity contribution in [2.45, 2.75) is 19.1 Å². The van der Waals surface area contributed by atoms with Crippen LogP contribution in [0.25, 0.3) is 5.82 Å². The van der Waals surface area contributed by atoms with Crippen LogP contribution in [0.1, 0.15) is 24.2 Å². The van der Waals surface area contributed by atoms with Gasteiger partial charge in [0.1, 0.15) is 0 Å². The summed E-state index contributed by atoms with van der Waals surface area (Å²) in [5, 5.41) is 3.47. The van der Waals surface area contributed by atoms with Gasteiger partial charge in [-0.15, -0.1) is 0 Å². The van der Waals surface area contributed by atoms with Crippen molar-refractivity contribution < 1.29 is 13.2 Å². The lowest BCUT2D eigenvalue weighted by Gasteiger charge is -2.11. The van der Waals surface area contributed by atoms with Crippen molar-refractivity contribution in [1.29, 1.82) is 0 Å². The molecule has 2 rings (SSSR count). The van der Waals surface area contributed by atoms with Gasteiger partial charge in [-0.2, -0.15) is 18.3 Å². The van der Waals surface area contributed by atoms with E-state index in [0.717, 1.165) is 10.7 Å². The van der Waals surface area contributed by atoms with E-state index in [9.17, 15) is 13.2 Å². The number of aromatic nitrogens is 3. The second kappa shape index (κ2) is 4.41. The van der Waals surface area contributed by atoms with Crippen molar-refractivity contribution in [3.05, 3.63) is 41.9 Å². The minimum atomic E-state index is -4.46. The highest BCUT2D eigenvalue weighted by atomic mass is 19.4. The van der Waals surface area contributed by atoms with E-state index < -0.39 is 11.9 Å². The van der Waals surface area contributed by atoms with Crippen LogP contribution in [0.2, 0.25) is 0 Å². The zero-order chi connectivity index (χ0) is 13.3. The Morgan fingerprint density at radius 3 is 2.61 bits per heavy atom. The summed E-state index contributed by atoms with van der Waals surface area (Å²) in [5.74, 6) is 0.308. The largest absolute Gasteiger partial charge is 0.435 e. The maximum Gasteiger partial charge on any atom is 0.435 e. The molecule has 2 aromatic rings. The number of hydrogen-bond donors (Lipinski definition) is 1. The normalized spacial score (nSPS) is 13.6. The van der Waals surface area contributed by atoms with E-state index in [1.54, 1.807) is 19.1 Å². The molecule has 0 amide bonds. The molecule has 7 heteroatoms. The van der Waals surface area contributed by atoms with Gasteiger partial charge in [-0.1, -0.05) is 6.07 Å². The lowest BCUT2D eigenvalue weighted by molar-refractivity contribution is -0.141. The fourth-order valence-corrected chi connectivity index (χ4v) is 1.55. The molecule has 2 aromatic heterocycles. The van der Waals surface area contributed by atoms with Crippen molar-refractivity contribution in [3.8, 4) is 5.82 Å². The molecule has 0 unspecified atom stereocenters. The number of pyridine rings is 1. The molecule has 18 heavy (non-hydrogen) atoms. The Morgan fingerprint density at radius 2 is 2.06 bits per heavy atom. The molecule has 0 aromatic carbocycles. The second-order valence-corrected chi connectivity index (χ2v) is 3.85. The van der Waals surface area contributed by atoms with Gasteiger partial charge in [-0.05, 0) is 19.1 Å². The van der Waals surface area contributed by atoms with Gasteiger partial charge in [0.15, 0.2) is 11.5 Å². The van der Waals surface area contributed by atoms with E-state index in [4.69, 9.17) is 5.73 Å². The molecule has 0 saturated heterocycles. The van der Waals surface area contributed by atoms with Gasteiger partial charge in [0.2, 0.25) is 0 Å². The smallest absolute Gasteiger partial charge is 0.324 e. The second-order valence-electron chi connectivity index (χ2n) is 3.85. The first kappa shape index (κ1) is 12.6. The highest BCUT2D eigenvalue weighted by Gasteiger charge is 2.33. The average molecular weight is 256 g/mol. The van der Waals surface area contributed by atoms with Crippen LogP contribution in [0.15, 0.2) is 30.6 Å². The molecule has 1 atom stereocenters. The highest BCUT2D eigenvalue weighted by molar-refractivity contribution is 5.35. The van der Waals surface area contributed by atoms with E-state index >= 15 is 0 Å². The summed E-state index contributed by atoms with van der Waals surface area (Å²) in [6, 6.07) is 3.95. The van der Waals surface area contributed by atoms with Crippen LogP contribution in [0, 0.1) is 0 Å². The summed E-state index contributed by atoms with van der Waals surface area (Å²) < 4.78 is 38.5. The number of nitrogens with zero attached hydrogens (tertiary/aromatic N) is 3. The van der Waals surface area contributed by atoms with Gasteiger partial charge in [-0.3, -0.25) is 0 Å². The van der Waals surface area contributed by atoms with Crippen LogP contribution in [0.5, 0.6) is 0 Å². The number of halogens is 3. The fourth-order valence-electron chi connectivity index (χ4n) is 1.55. The van der Waals surface area contributed by atoms with Crippen molar-refractivity contribution in [2.75, 3.05) is 0 Å². The molecular weight excluding hydrogens is 245 g/mol. The summed E-state index contributed by atoms with van der Waals surface area (Å²) in [6.07, 6.45) is -1.76. The van der Waals surface area contributed by atoms with Crippen LogP contribution in [-0.4, -0.2) is 14.8 Å². The molecule has 0 saturated carbocycles. The van der Waals surface area contributed by atoms with Crippen LogP contribution in [-0.2, 0) is 6.18 Å². The van der Waals surface area contributed by atoms with E-state index in [-0.39, 0.29) is 6.04 Å². The minimum absolute atomic E-state index is 0.308. The van der Waals surface area contributed by atoms with E-state index in [2.05, 4.69) is 10.1 Å². The van der Waals surface area contributed by atoms with Gasteiger partial charge in [-0.25, -0.2) is 9.67 Å². The number of nitrogens with two attached hydrogens (primary N) is 1. The molecule has 96 valence electrons. The summed E-state index contributed by atoms with van der Waals surface area (Å²) >= 11 is 0. The van der Waals surface area contributed by atoms with Gasteiger partial charge < -0.3 is 5.73 Å². The van der Waals surface area contributed by atoms with Crippen molar-refractivity contribution >= 4 is 0 Å². The Balaban J connectivity index is 2.47. The van der Waals surface area contributed by atoms with Crippen molar-refractivity contribution in [3.63, 3.8) is 0 Å². The molecule has 2 heterocycles. The predicted octanol–water partition coefficient (Wildman–Crippen LogP) is 2.31.